The molecule has 1 saturated carbocycles. The molecular weight excluding hydrogens is 340 g/mol. The molecule has 1 heterocycles. The van der Waals surface area contributed by atoms with Crippen LogP contribution < -0.4 is 9.47 Å². The van der Waals surface area contributed by atoms with Crippen molar-refractivity contribution in [1.82, 2.24) is 9.80 Å². The van der Waals surface area contributed by atoms with Gasteiger partial charge in [-0.3, -0.25) is 9.69 Å². The Hall–Kier alpha value is -2.01. The van der Waals surface area contributed by atoms with Crippen LogP contribution in [0.15, 0.2) is 24.3 Å². The van der Waals surface area contributed by atoms with Crippen LogP contribution in [0.5, 0.6) is 11.5 Å². The minimum absolute atomic E-state index is 0.0864. The van der Waals surface area contributed by atoms with E-state index in [2.05, 4.69) is 11.8 Å². The van der Waals surface area contributed by atoms with Gasteiger partial charge in [0.15, 0.2) is 11.5 Å². The van der Waals surface area contributed by atoms with E-state index in [1.54, 1.807) is 13.2 Å². The smallest absolute Gasteiger partial charge is 0.246 e. The van der Waals surface area contributed by atoms with Crippen molar-refractivity contribution in [3.8, 4) is 11.5 Å². The number of benzene rings is 1. The van der Waals surface area contributed by atoms with Gasteiger partial charge in [-0.15, -0.1) is 0 Å². The molecule has 1 aliphatic carbocycles. The van der Waals surface area contributed by atoms with Gasteiger partial charge in [0, 0.05) is 38.8 Å². The van der Waals surface area contributed by atoms with Gasteiger partial charge in [-0.05, 0) is 49.0 Å². The third-order valence-corrected chi connectivity index (χ3v) is 5.26. The summed E-state index contributed by atoms with van der Waals surface area (Å²) < 4.78 is 11.2. The second-order valence-electron chi connectivity index (χ2n) is 7.51. The summed E-state index contributed by atoms with van der Waals surface area (Å²) in [5.41, 5.74) is 0.940. The number of hydrogen-bond acceptors (Lipinski definition) is 4. The van der Waals surface area contributed by atoms with Crippen molar-refractivity contribution in [2.45, 2.75) is 32.6 Å². The molecule has 1 amide bonds. The molecule has 0 bridgehead atoms. The van der Waals surface area contributed by atoms with Gasteiger partial charge in [-0.1, -0.05) is 19.4 Å². The fourth-order valence-electron chi connectivity index (χ4n) is 3.32. The summed E-state index contributed by atoms with van der Waals surface area (Å²) in [5.74, 6) is 2.45. The molecule has 27 heavy (non-hydrogen) atoms. The summed E-state index contributed by atoms with van der Waals surface area (Å²) in [6.07, 6.45) is 8.41. The van der Waals surface area contributed by atoms with E-state index < -0.39 is 0 Å². The molecule has 0 radical (unpaired) electrons. The number of rotatable bonds is 9. The maximum absolute atomic E-state index is 12.5. The number of carbonyl (C=O) groups is 1. The van der Waals surface area contributed by atoms with Crippen LogP contribution in [0, 0.1) is 5.92 Å². The lowest BCUT2D eigenvalue weighted by molar-refractivity contribution is -0.127. The van der Waals surface area contributed by atoms with Gasteiger partial charge < -0.3 is 14.4 Å². The Kier molecular flexibility index (Phi) is 7.16. The molecule has 3 rings (SSSR count). The average molecular weight is 373 g/mol. The highest BCUT2D eigenvalue weighted by molar-refractivity contribution is 5.92. The van der Waals surface area contributed by atoms with E-state index in [1.165, 1.54) is 19.4 Å². The van der Waals surface area contributed by atoms with Crippen LogP contribution >= 0.6 is 0 Å². The largest absolute Gasteiger partial charge is 0.493 e. The fourth-order valence-corrected chi connectivity index (χ4v) is 3.32. The predicted molar refractivity (Wildman–Crippen MR) is 108 cm³/mol. The zero-order chi connectivity index (χ0) is 19.1. The molecule has 2 fully saturated rings. The van der Waals surface area contributed by atoms with E-state index in [0.29, 0.717) is 12.4 Å². The average Bonchev–Trinajstić information content (AvgIpc) is 3.51. The minimum Gasteiger partial charge on any atom is -0.493 e. The predicted octanol–water partition coefficient (Wildman–Crippen LogP) is 3.44. The molecule has 1 saturated heterocycles. The lowest BCUT2D eigenvalue weighted by atomic mass is 10.1. The molecule has 5 heteroatoms. The van der Waals surface area contributed by atoms with Crippen molar-refractivity contribution < 1.29 is 14.3 Å². The van der Waals surface area contributed by atoms with E-state index in [-0.39, 0.29) is 5.91 Å². The topological polar surface area (TPSA) is 42.0 Å². The van der Waals surface area contributed by atoms with E-state index in [9.17, 15) is 4.79 Å². The summed E-state index contributed by atoms with van der Waals surface area (Å²) in [5, 5.41) is 0. The molecule has 2 aliphatic rings. The standard InChI is InChI=1S/C22H32N2O3/c1-3-4-15-27-20-9-7-18(16-21(20)26-2)8-10-22(25)24-13-11-23(12-14-24)17-19-5-6-19/h7-10,16,19H,3-6,11-15,17H2,1-2H3/b10-8+. The highest BCUT2D eigenvalue weighted by Gasteiger charge is 2.27. The van der Waals surface area contributed by atoms with Crippen molar-refractivity contribution in [1.29, 1.82) is 0 Å². The lowest BCUT2D eigenvalue weighted by Gasteiger charge is -2.34. The van der Waals surface area contributed by atoms with Crippen LogP contribution in [0.1, 0.15) is 38.2 Å². The van der Waals surface area contributed by atoms with E-state index in [1.807, 2.05) is 29.2 Å². The summed E-state index contributed by atoms with van der Waals surface area (Å²) in [6, 6.07) is 5.79. The molecule has 0 unspecified atom stereocenters. The molecule has 0 atom stereocenters. The maximum atomic E-state index is 12.5. The molecular formula is C22H32N2O3. The van der Waals surface area contributed by atoms with Gasteiger partial charge in [-0.2, -0.15) is 0 Å². The first-order valence-electron chi connectivity index (χ1n) is 10.2. The van der Waals surface area contributed by atoms with E-state index >= 15 is 0 Å². The molecule has 1 aromatic rings. The molecule has 1 aliphatic heterocycles. The normalized spacial score (nSPS) is 18.1. The number of hydrogen-bond donors (Lipinski definition) is 0. The number of ether oxygens (including phenoxy) is 2. The van der Waals surface area contributed by atoms with Gasteiger partial charge >= 0.3 is 0 Å². The molecule has 0 N–H and O–H groups in total. The van der Waals surface area contributed by atoms with Gasteiger partial charge in [-0.25, -0.2) is 0 Å². The van der Waals surface area contributed by atoms with E-state index in [4.69, 9.17) is 9.47 Å². The summed E-state index contributed by atoms with van der Waals surface area (Å²) >= 11 is 0. The van der Waals surface area contributed by atoms with Crippen molar-refractivity contribution in [2.24, 2.45) is 5.92 Å². The Morgan fingerprint density at radius 1 is 1.19 bits per heavy atom. The first-order chi connectivity index (χ1) is 13.2. The summed E-state index contributed by atoms with van der Waals surface area (Å²) in [6.45, 7) is 7.67. The van der Waals surface area contributed by atoms with E-state index in [0.717, 1.165) is 56.3 Å². The zero-order valence-electron chi connectivity index (χ0n) is 16.7. The Balaban J connectivity index is 1.51. The first-order valence-corrected chi connectivity index (χ1v) is 10.2. The number of nitrogens with zero attached hydrogens (tertiary/aromatic N) is 2. The zero-order valence-corrected chi connectivity index (χ0v) is 16.7. The number of methoxy groups -OCH3 is 1. The van der Waals surface area contributed by atoms with Crippen LogP contribution in [0.25, 0.3) is 6.08 Å². The molecule has 148 valence electrons. The third kappa shape index (κ3) is 5.99. The highest BCUT2D eigenvalue weighted by atomic mass is 16.5. The van der Waals surface area contributed by atoms with Gasteiger partial charge in [0.1, 0.15) is 0 Å². The van der Waals surface area contributed by atoms with Crippen LogP contribution in [0.3, 0.4) is 0 Å². The SMILES string of the molecule is CCCCOc1ccc(/C=C/C(=O)N2CCN(CC3CC3)CC2)cc1OC. The monoisotopic (exact) mass is 372 g/mol. The van der Waals surface area contributed by atoms with Crippen molar-refractivity contribution in [3.05, 3.63) is 29.8 Å². The number of unbranched alkanes of at least 4 members (excludes halogenated alkanes) is 1. The quantitative estimate of drug-likeness (QED) is 0.492. The second-order valence-corrected chi connectivity index (χ2v) is 7.51. The van der Waals surface area contributed by atoms with Crippen molar-refractivity contribution in [3.63, 3.8) is 0 Å². The van der Waals surface area contributed by atoms with Gasteiger partial charge in [0.25, 0.3) is 0 Å². The molecule has 0 spiro atoms. The fraction of sp³-hybridized carbons (Fsp3) is 0.591. The van der Waals surface area contributed by atoms with Crippen LogP contribution in [-0.4, -0.2) is 62.1 Å². The summed E-state index contributed by atoms with van der Waals surface area (Å²) in [4.78, 5) is 16.9. The number of amides is 1. The molecule has 1 aromatic carbocycles. The summed E-state index contributed by atoms with van der Waals surface area (Å²) in [7, 11) is 1.64. The molecule has 0 aromatic heterocycles. The first kappa shape index (κ1) is 19.7. The highest BCUT2D eigenvalue weighted by Crippen LogP contribution is 2.30. The molecule has 5 nitrogen and oxygen atoms in total. The lowest BCUT2D eigenvalue weighted by Crippen LogP contribution is -2.48. The van der Waals surface area contributed by atoms with Crippen LogP contribution in [-0.2, 0) is 4.79 Å². The third-order valence-electron chi connectivity index (χ3n) is 5.26. The van der Waals surface area contributed by atoms with Crippen molar-refractivity contribution >= 4 is 12.0 Å². The maximum Gasteiger partial charge on any atom is 0.246 e. The Labute approximate surface area is 162 Å². The number of carbonyl (C=O) groups excluding carboxylic acids is 1. The van der Waals surface area contributed by atoms with Gasteiger partial charge in [0.2, 0.25) is 5.91 Å². The second kappa shape index (κ2) is 9.79. The number of piperazine rings is 1. The Morgan fingerprint density at radius 3 is 2.63 bits per heavy atom. The Morgan fingerprint density at radius 2 is 1.96 bits per heavy atom. The van der Waals surface area contributed by atoms with Crippen LogP contribution in [0.4, 0.5) is 0 Å². The van der Waals surface area contributed by atoms with Crippen LogP contribution in [0.2, 0.25) is 0 Å². The Bertz CT molecular complexity index is 647. The van der Waals surface area contributed by atoms with Gasteiger partial charge in [0.05, 0.1) is 13.7 Å². The van der Waals surface area contributed by atoms with Crippen molar-refractivity contribution in [2.75, 3.05) is 46.4 Å². The minimum atomic E-state index is 0.0864.